The molecule has 1 aliphatic heterocycles. The summed E-state index contributed by atoms with van der Waals surface area (Å²) in [5.74, 6) is 0. The van der Waals surface area contributed by atoms with Crippen molar-refractivity contribution in [1.29, 1.82) is 0 Å². The van der Waals surface area contributed by atoms with Crippen molar-refractivity contribution in [1.82, 2.24) is 0 Å². The fourth-order valence-electron chi connectivity index (χ4n) is 1.67. The molecule has 0 aliphatic carbocycles. The first-order valence-electron chi connectivity index (χ1n) is 4.89. The number of thiophene rings is 1. The van der Waals surface area contributed by atoms with Gasteiger partial charge in [-0.3, -0.25) is 0 Å². The third-order valence-corrected chi connectivity index (χ3v) is 3.15. The molecule has 2 heterocycles. The Hall–Kier alpha value is -0.380. The van der Waals surface area contributed by atoms with E-state index >= 15 is 0 Å². The summed E-state index contributed by atoms with van der Waals surface area (Å²) in [6.07, 6.45) is 3.01. The summed E-state index contributed by atoms with van der Waals surface area (Å²) < 4.78 is 5.54. The van der Waals surface area contributed by atoms with Gasteiger partial charge in [0.05, 0.1) is 0 Å². The Morgan fingerprint density at radius 2 is 2.62 bits per heavy atom. The van der Waals surface area contributed by atoms with Crippen molar-refractivity contribution in [3.8, 4) is 0 Å². The monoisotopic (exact) mass is 198 g/mol. The topological polar surface area (TPSA) is 25.8 Å². The van der Waals surface area contributed by atoms with Gasteiger partial charge in [0.2, 0.25) is 0 Å². The van der Waals surface area contributed by atoms with Gasteiger partial charge in [-0.15, -0.1) is 0 Å². The fraction of sp³-hybridized carbons (Fsp3) is 0.600. The fourth-order valence-corrected chi connectivity index (χ4v) is 2.36. The van der Waals surface area contributed by atoms with Gasteiger partial charge in [0.15, 0.2) is 0 Å². The van der Waals surface area contributed by atoms with Gasteiger partial charge in [0.1, 0.15) is 19.2 Å². The molecule has 0 spiro atoms. The zero-order valence-corrected chi connectivity index (χ0v) is 8.56. The second-order valence-corrected chi connectivity index (χ2v) is 4.28. The Kier molecular flexibility index (Phi) is 3.35. The molecule has 1 atom stereocenters. The van der Waals surface area contributed by atoms with E-state index in [-0.39, 0.29) is 0 Å². The first kappa shape index (κ1) is 9.19. The van der Waals surface area contributed by atoms with Crippen molar-refractivity contribution >= 4 is 11.3 Å². The van der Waals surface area contributed by atoms with Gasteiger partial charge in [-0.05, 0) is 29.7 Å². The van der Waals surface area contributed by atoms with Crippen molar-refractivity contribution in [2.24, 2.45) is 0 Å². The molecule has 0 amide bonds. The number of nitrogens with two attached hydrogens (primary N) is 1. The SMILES string of the molecule is c1cc(C[NH2+]C[C@H]2CCCO2)cs1. The van der Waals surface area contributed by atoms with Crippen LogP contribution in [0.3, 0.4) is 0 Å². The van der Waals surface area contributed by atoms with Crippen LogP contribution in [0.2, 0.25) is 0 Å². The molecule has 2 N–H and O–H groups in total. The maximum absolute atomic E-state index is 5.54. The van der Waals surface area contributed by atoms with Crippen LogP contribution in [0.4, 0.5) is 0 Å². The van der Waals surface area contributed by atoms with Crippen LogP contribution in [0.15, 0.2) is 16.8 Å². The lowest BCUT2D eigenvalue weighted by Gasteiger charge is -2.06. The molecule has 2 nitrogen and oxygen atoms in total. The third-order valence-electron chi connectivity index (χ3n) is 2.41. The number of ether oxygens (including phenoxy) is 1. The molecule has 1 aromatic heterocycles. The Balaban J connectivity index is 1.63. The van der Waals surface area contributed by atoms with Gasteiger partial charge < -0.3 is 10.1 Å². The molecular weight excluding hydrogens is 182 g/mol. The minimum atomic E-state index is 0.513. The summed E-state index contributed by atoms with van der Waals surface area (Å²) in [4.78, 5) is 0. The van der Waals surface area contributed by atoms with Gasteiger partial charge in [0, 0.05) is 12.2 Å². The predicted octanol–water partition coefficient (Wildman–Crippen LogP) is 0.991. The van der Waals surface area contributed by atoms with E-state index in [0.717, 1.165) is 19.7 Å². The third kappa shape index (κ3) is 2.79. The number of quaternary nitrogens is 1. The van der Waals surface area contributed by atoms with Crippen LogP contribution in [0.5, 0.6) is 0 Å². The Labute approximate surface area is 82.9 Å². The number of hydrogen-bond acceptors (Lipinski definition) is 2. The summed E-state index contributed by atoms with van der Waals surface area (Å²) in [5.41, 5.74) is 1.43. The minimum absolute atomic E-state index is 0.513. The van der Waals surface area contributed by atoms with E-state index in [1.807, 2.05) is 0 Å². The van der Waals surface area contributed by atoms with Crippen LogP contribution in [0.25, 0.3) is 0 Å². The maximum Gasteiger partial charge on any atom is 0.106 e. The quantitative estimate of drug-likeness (QED) is 0.767. The summed E-state index contributed by atoms with van der Waals surface area (Å²) in [5, 5.41) is 6.69. The largest absolute Gasteiger partial charge is 0.372 e. The van der Waals surface area contributed by atoms with Gasteiger partial charge in [-0.1, -0.05) is 0 Å². The van der Waals surface area contributed by atoms with Crippen LogP contribution >= 0.6 is 11.3 Å². The first-order chi connectivity index (χ1) is 6.45. The van der Waals surface area contributed by atoms with Crippen molar-refractivity contribution < 1.29 is 10.1 Å². The highest BCUT2D eigenvalue weighted by atomic mass is 32.1. The average Bonchev–Trinajstić information content (AvgIpc) is 2.75. The lowest BCUT2D eigenvalue weighted by molar-refractivity contribution is -0.676. The smallest absolute Gasteiger partial charge is 0.106 e. The van der Waals surface area contributed by atoms with E-state index in [4.69, 9.17) is 4.74 Å². The summed E-state index contributed by atoms with van der Waals surface area (Å²) in [6.45, 7) is 3.19. The summed E-state index contributed by atoms with van der Waals surface area (Å²) in [7, 11) is 0. The molecule has 0 bridgehead atoms. The average molecular weight is 198 g/mol. The zero-order chi connectivity index (χ0) is 8.93. The molecule has 1 aromatic rings. The van der Waals surface area contributed by atoms with Gasteiger partial charge in [0.25, 0.3) is 0 Å². The molecule has 1 fully saturated rings. The summed E-state index contributed by atoms with van der Waals surface area (Å²) >= 11 is 1.77. The zero-order valence-electron chi connectivity index (χ0n) is 7.74. The molecule has 0 radical (unpaired) electrons. The van der Waals surface area contributed by atoms with E-state index in [9.17, 15) is 0 Å². The highest BCUT2D eigenvalue weighted by molar-refractivity contribution is 7.07. The molecule has 1 saturated heterocycles. The van der Waals surface area contributed by atoms with Crippen LogP contribution < -0.4 is 5.32 Å². The Morgan fingerprint density at radius 3 is 3.31 bits per heavy atom. The molecular formula is C10H16NOS+. The van der Waals surface area contributed by atoms with Crippen molar-refractivity contribution in [2.75, 3.05) is 13.2 Å². The predicted molar refractivity (Wildman–Crippen MR) is 53.8 cm³/mol. The second-order valence-electron chi connectivity index (χ2n) is 3.50. The highest BCUT2D eigenvalue weighted by Crippen LogP contribution is 2.09. The van der Waals surface area contributed by atoms with Gasteiger partial charge >= 0.3 is 0 Å². The van der Waals surface area contributed by atoms with Gasteiger partial charge in [-0.25, -0.2) is 0 Å². The first-order valence-corrected chi connectivity index (χ1v) is 5.84. The summed E-state index contributed by atoms with van der Waals surface area (Å²) in [6, 6.07) is 2.19. The Morgan fingerprint density at radius 1 is 1.62 bits per heavy atom. The van der Waals surface area contributed by atoms with Crippen molar-refractivity contribution in [2.45, 2.75) is 25.5 Å². The van der Waals surface area contributed by atoms with Crippen LogP contribution in [0.1, 0.15) is 18.4 Å². The van der Waals surface area contributed by atoms with E-state index in [2.05, 4.69) is 22.1 Å². The maximum atomic E-state index is 5.54. The molecule has 2 rings (SSSR count). The molecule has 3 heteroatoms. The van der Waals surface area contributed by atoms with Crippen LogP contribution in [0, 0.1) is 0 Å². The molecule has 0 saturated carbocycles. The van der Waals surface area contributed by atoms with Crippen LogP contribution in [-0.2, 0) is 11.3 Å². The molecule has 0 unspecified atom stereocenters. The number of hydrogen-bond donors (Lipinski definition) is 1. The van der Waals surface area contributed by atoms with E-state index in [1.54, 1.807) is 11.3 Å². The second kappa shape index (κ2) is 4.74. The minimum Gasteiger partial charge on any atom is -0.372 e. The molecule has 1 aliphatic rings. The normalized spacial score (nSPS) is 22.3. The van der Waals surface area contributed by atoms with Gasteiger partial charge in [-0.2, -0.15) is 11.3 Å². The lowest BCUT2D eigenvalue weighted by atomic mass is 10.2. The highest BCUT2D eigenvalue weighted by Gasteiger charge is 2.16. The van der Waals surface area contributed by atoms with Crippen LogP contribution in [-0.4, -0.2) is 19.3 Å². The van der Waals surface area contributed by atoms with Crippen molar-refractivity contribution in [3.05, 3.63) is 22.4 Å². The molecule has 72 valence electrons. The molecule has 13 heavy (non-hydrogen) atoms. The van der Waals surface area contributed by atoms with E-state index in [0.29, 0.717) is 6.10 Å². The van der Waals surface area contributed by atoms with E-state index < -0.39 is 0 Å². The lowest BCUT2D eigenvalue weighted by Crippen LogP contribution is -2.84. The number of rotatable bonds is 4. The molecule has 0 aromatic carbocycles. The van der Waals surface area contributed by atoms with Crippen molar-refractivity contribution in [3.63, 3.8) is 0 Å². The Bertz CT molecular complexity index is 229. The standard InChI is InChI=1S/C10H15NOS/c1-2-10(12-4-1)7-11-6-9-3-5-13-8-9/h3,5,8,10-11H,1-2,4,6-7H2/p+1/t10-/m1/s1. The van der Waals surface area contributed by atoms with E-state index in [1.165, 1.54) is 18.4 Å².